The molecular formula is C10H9BrFNO. The molecule has 2 nitrogen and oxygen atoms in total. The van der Waals surface area contributed by atoms with Crippen LogP contribution in [0.4, 0.5) is 4.39 Å². The summed E-state index contributed by atoms with van der Waals surface area (Å²) in [5.74, 6) is 0.0488. The first-order chi connectivity index (χ1) is 6.72. The van der Waals surface area contributed by atoms with Gasteiger partial charge in [-0.2, -0.15) is 5.26 Å². The van der Waals surface area contributed by atoms with E-state index in [2.05, 4.69) is 15.9 Å². The number of nitrogens with zero attached hydrogens (tertiary/aromatic N) is 1. The number of nitriles is 1. The van der Waals surface area contributed by atoms with E-state index >= 15 is 0 Å². The lowest BCUT2D eigenvalue weighted by Crippen LogP contribution is -1.97. The molecule has 0 heterocycles. The molecule has 14 heavy (non-hydrogen) atoms. The summed E-state index contributed by atoms with van der Waals surface area (Å²) in [6, 6.07) is 4.52. The van der Waals surface area contributed by atoms with Crippen LogP contribution < -0.4 is 4.74 Å². The summed E-state index contributed by atoms with van der Waals surface area (Å²) in [6.45, 7) is 2.34. The largest absolute Gasteiger partial charge is 0.494 e. The van der Waals surface area contributed by atoms with Crippen LogP contribution in [0.1, 0.15) is 18.1 Å². The predicted octanol–water partition coefficient (Wildman–Crippen LogP) is 2.99. The third kappa shape index (κ3) is 2.24. The normalized spacial score (nSPS) is 9.57. The lowest BCUT2D eigenvalue weighted by molar-refractivity contribution is 0.337. The van der Waals surface area contributed by atoms with E-state index in [4.69, 9.17) is 10.00 Å². The number of benzene rings is 1. The number of hydrogen-bond acceptors (Lipinski definition) is 2. The van der Waals surface area contributed by atoms with Crippen LogP contribution in [0, 0.1) is 17.1 Å². The van der Waals surface area contributed by atoms with Gasteiger partial charge in [0.15, 0.2) is 0 Å². The Kier molecular flexibility index (Phi) is 3.90. The minimum Gasteiger partial charge on any atom is -0.494 e. The quantitative estimate of drug-likeness (QED) is 0.781. The number of halogens is 2. The van der Waals surface area contributed by atoms with Crippen LogP contribution in [0.25, 0.3) is 0 Å². The Morgan fingerprint density at radius 1 is 1.57 bits per heavy atom. The van der Waals surface area contributed by atoms with E-state index in [1.54, 1.807) is 6.07 Å². The maximum absolute atomic E-state index is 13.2. The van der Waals surface area contributed by atoms with Crippen molar-refractivity contribution >= 4 is 15.9 Å². The third-order valence-corrected chi connectivity index (χ3v) is 2.32. The average Bonchev–Trinajstić information content (AvgIpc) is 2.20. The first kappa shape index (κ1) is 11.0. The molecule has 0 unspecified atom stereocenters. The summed E-state index contributed by atoms with van der Waals surface area (Å²) in [5.41, 5.74) is 0.724. The van der Waals surface area contributed by atoms with Crippen molar-refractivity contribution in [3.8, 4) is 11.8 Å². The molecule has 0 atom stereocenters. The molecule has 0 spiro atoms. The zero-order chi connectivity index (χ0) is 10.6. The second-order valence-electron chi connectivity index (χ2n) is 2.62. The fourth-order valence-corrected chi connectivity index (χ4v) is 1.51. The Balaban J connectivity index is 3.19. The molecule has 0 aromatic heterocycles. The topological polar surface area (TPSA) is 33.0 Å². The lowest BCUT2D eigenvalue weighted by Gasteiger charge is -2.08. The van der Waals surface area contributed by atoms with E-state index < -0.39 is 5.82 Å². The molecule has 74 valence electrons. The maximum atomic E-state index is 13.2. The zero-order valence-corrected chi connectivity index (χ0v) is 9.27. The van der Waals surface area contributed by atoms with Gasteiger partial charge in [0, 0.05) is 17.0 Å². The van der Waals surface area contributed by atoms with Crippen LogP contribution in [0.2, 0.25) is 0 Å². The summed E-state index contributed by atoms with van der Waals surface area (Å²) < 4.78 is 18.4. The summed E-state index contributed by atoms with van der Waals surface area (Å²) >= 11 is 3.23. The van der Waals surface area contributed by atoms with Gasteiger partial charge in [0.25, 0.3) is 0 Å². The lowest BCUT2D eigenvalue weighted by atomic mass is 10.1. The molecule has 0 aliphatic heterocycles. The predicted molar refractivity (Wildman–Crippen MR) is 54.9 cm³/mol. The highest BCUT2D eigenvalue weighted by atomic mass is 79.9. The van der Waals surface area contributed by atoms with Crippen molar-refractivity contribution in [3.05, 3.63) is 29.1 Å². The van der Waals surface area contributed by atoms with Crippen molar-refractivity contribution in [1.29, 1.82) is 5.26 Å². The summed E-state index contributed by atoms with van der Waals surface area (Å²) in [7, 11) is 0. The van der Waals surface area contributed by atoms with Gasteiger partial charge in [0.1, 0.15) is 17.6 Å². The van der Waals surface area contributed by atoms with E-state index in [9.17, 15) is 4.39 Å². The third-order valence-electron chi connectivity index (χ3n) is 1.71. The molecule has 1 rings (SSSR count). The molecule has 0 N–H and O–H groups in total. The van der Waals surface area contributed by atoms with Gasteiger partial charge >= 0.3 is 0 Å². The number of alkyl halides is 1. The van der Waals surface area contributed by atoms with Crippen molar-refractivity contribution in [2.24, 2.45) is 0 Å². The molecule has 1 aromatic rings. The summed E-state index contributed by atoms with van der Waals surface area (Å²) in [5, 5.41) is 9.12. The van der Waals surface area contributed by atoms with Crippen molar-refractivity contribution in [3.63, 3.8) is 0 Å². The standard InChI is InChI=1S/C10H9BrFNO/c1-2-14-10-4-8(6-13)9(12)3-7(10)5-11/h3-4H,2,5H2,1H3. The second kappa shape index (κ2) is 4.97. The summed E-state index contributed by atoms with van der Waals surface area (Å²) in [4.78, 5) is 0. The fraction of sp³-hybridized carbons (Fsp3) is 0.300. The Hall–Kier alpha value is -1.08. The molecule has 4 heteroatoms. The van der Waals surface area contributed by atoms with Crippen molar-refractivity contribution in [2.75, 3.05) is 6.61 Å². The van der Waals surface area contributed by atoms with Crippen molar-refractivity contribution in [1.82, 2.24) is 0 Å². The molecule has 0 aliphatic carbocycles. The average molecular weight is 258 g/mol. The van der Waals surface area contributed by atoms with Gasteiger partial charge in [-0.25, -0.2) is 4.39 Å². The van der Waals surface area contributed by atoms with Gasteiger partial charge in [-0.1, -0.05) is 15.9 Å². The molecule has 0 fully saturated rings. The van der Waals surface area contributed by atoms with Crippen LogP contribution in [0.15, 0.2) is 12.1 Å². The van der Waals surface area contributed by atoms with Gasteiger partial charge in [0.05, 0.1) is 12.2 Å². The molecule has 0 amide bonds. The van der Waals surface area contributed by atoms with Crippen LogP contribution in [0.5, 0.6) is 5.75 Å². The van der Waals surface area contributed by atoms with Gasteiger partial charge in [-0.05, 0) is 13.0 Å². The highest BCUT2D eigenvalue weighted by Gasteiger charge is 2.09. The van der Waals surface area contributed by atoms with E-state index in [0.717, 1.165) is 0 Å². The Labute approximate surface area is 90.4 Å². The van der Waals surface area contributed by atoms with Crippen LogP contribution in [-0.2, 0) is 5.33 Å². The van der Waals surface area contributed by atoms with E-state index in [0.29, 0.717) is 23.2 Å². The first-order valence-corrected chi connectivity index (χ1v) is 5.26. The molecule has 1 aromatic carbocycles. The monoisotopic (exact) mass is 257 g/mol. The highest BCUT2D eigenvalue weighted by Crippen LogP contribution is 2.24. The Morgan fingerprint density at radius 2 is 2.29 bits per heavy atom. The number of rotatable bonds is 3. The minimum atomic E-state index is -0.509. The Morgan fingerprint density at radius 3 is 2.79 bits per heavy atom. The van der Waals surface area contributed by atoms with Gasteiger partial charge in [-0.3, -0.25) is 0 Å². The van der Waals surface area contributed by atoms with Gasteiger partial charge in [-0.15, -0.1) is 0 Å². The SMILES string of the molecule is CCOc1cc(C#N)c(F)cc1CBr. The van der Waals surface area contributed by atoms with E-state index in [-0.39, 0.29) is 5.56 Å². The second-order valence-corrected chi connectivity index (χ2v) is 3.18. The van der Waals surface area contributed by atoms with Gasteiger partial charge < -0.3 is 4.74 Å². The van der Waals surface area contributed by atoms with Crippen LogP contribution in [-0.4, -0.2) is 6.61 Å². The minimum absolute atomic E-state index is 0.0122. The zero-order valence-electron chi connectivity index (χ0n) is 7.68. The molecule has 0 aliphatic rings. The molecule has 0 radical (unpaired) electrons. The molecule has 0 saturated heterocycles. The molecule has 0 saturated carbocycles. The first-order valence-electron chi connectivity index (χ1n) is 4.14. The highest BCUT2D eigenvalue weighted by molar-refractivity contribution is 9.08. The Bertz CT molecular complexity index is 373. The fourth-order valence-electron chi connectivity index (χ4n) is 1.07. The van der Waals surface area contributed by atoms with E-state index in [1.165, 1.54) is 12.1 Å². The van der Waals surface area contributed by atoms with Gasteiger partial charge in [0.2, 0.25) is 0 Å². The molecule has 0 bridgehead atoms. The number of ether oxygens (including phenoxy) is 1. The van der Waals surface area contributed by atoms with Crippen LogP contribution >= 0.6 is 15.9 Å². The van der Waals surface area contributed by atoms with Crippen molar-refractivity contribution in [2.45, 2.75) is 12.3 Å². The number of hydrogen-bond donors (Lipinski definition) is 0. The van der Waals surface area contributed by atoms with E-state index in [1.807, 2.05) is 6.92 Å². The van der Waals surface area contributed by atoms with Crippen LogP contribution in [0.3, 0.4) is 0 Å². The smallest absolute Gasteiger partial charge is 0.141 e. The van der Waals surface area contributed by atoms with Crippen molar-refractivity contribution < 1.29 is 9.13 Å². The maximum Gasteiger partial charge on any atom is 0.141 e. The molecular weight excluding hydrogens is 249 g/mol. The summed E-state index contributed by atoms with van der Waals surface area (Å²) in [6.07, 6.45) is 0.